The summed E-state index contributed by atoms with van der Waals surface area (Å²) in [5, 5.41) is 25.4. The molecule has 2 atom stereocenters. The van der Waals surface area contributed by atoms with Gasteiger partial charge in [0.1, 0.15) is 23.4 Å². The third kappa shape index (κ3) is 9.09. The van der Waals surface area contributed by atoms with E-state index >= 15 is 0 Å². The van der Waals surface area contributed by atoms with Crippen molar-refractivity contribution in [2.24, 2.45) is 0 Å². The van der Waals surface area contributed by atoms with Crippen LogP contribution in [0.25, 0.3) is 0 Å². The van der Waals surface area contributed by atoms with Crippen molar-refractivity contribution >= 4 is 17.9 Å². The van der Waals surface area contributed by atoms with Crippen molar-refractivity contribution in [1.82, 2.24) is 15.5 Å². The summed E-state index contributed by atoms with van der Waals surface area (Å²) in [6.07, 6.45) is -0.622. The second-order valence-electron chi connectivity index (χ2n) is 10.3. The Morgan fingerprint density at radius 3 is 2.22 bits per heavy atom. The Morgan fingerprint density at radius 2 is 1.68 bits per heavy atom. The van der Waals surface area contributed by atoms with Gasteiger partial charge in [-0.3, -0.25) is 9.59 Å². The quantitative estimate of drug-likeness (QED) is 0.386. The molecule has 0 fully saturated rings. The molecule has 0 spiro atoms. The maximum absolute atomic E-state index is 14.0. The van der Waals surface area contributed by atoms with Gasteiger partial charge in [0.15, 0.2) is 0 Å². The summed E-state index contributed by atoms with van der Waals surface area (Å²) in [7, 11) is 0. The number of rotatable bonds is 10. The number of hydrogen-bond acceptors (Lipinski definition) is 6. The molecule has 0 radical (unpaired) electrons. The van der Waals surface area contributed by atoms with Crippen LogP contribution in [0.3, 0.4) is 0 Å². The molecule has 202 valence electrons. The third-order valence-corrected chi connectivity index (χ3v) is 5.42. The van der Waals surface area contributed by atoms with Gasteiger partial charge in [0.2, 0.25) is 11.8 Å². The normalized spacial score (nSPS) is 13.0. The average Bonchev–Trinajstić information content (AvgIpc) is 2.79. The zero-order valence-electron chi connectivity index (χ0n) is 22.4. The largest absolute Gasteiger partial charge is 0.508 e. The van der Waals surface area contributed by atoms with E-state index in [0.717, 1.165) is 5.56 Å². The molecule has 3 amide bonds. The number of alkyl carbamates (subject to hydrolysis) is 1. The second-order valence-corrected chi connectivity index (χ2v) is 10.3. The average molecular weight is 514 g/mol. The molecule has 0 bridgehead atoms. The van der Waals surface area contributed by atoms with E-state index in [-0.39, 0.29) is 24.8 Å². The van der Waals surface area contributed by atoms with Gasteiger partial charge in [0, 0.05) is 19.0 Å². The van der Waals surface area contributed by atoms with Crippen LogP contribution >= 0.6 is 0 Å². The minimum atomic E-state index is -1.11. The number of hydrogen-bond donors (Lipinski definition) is 4. The van der Waals surface area contributed by atoms with Crippen LogP contribution in [0, 0.1) is 6.92 Å². The molecule has 2 unspecified atom stereocenters. The Labute approximate surface area is 218 Å². The lowest BCUT2D eigenvalue weighted by Crippen LogP contribution is -2.54. The van der Waals surface area contributed by atoms with Gasteiger partial charge >= 0.3 is 6.09 Å². The maximum atomic E-state index is 14.0. The van der Waals surface area contributed by atoms with Crippen LogP contribution < -0.4 is 10.6 Å². The lowest BCUT2D eigenvalue weighted by atomic mass is 9.98. The summed E-state index contributed by atoms with van der Waals surface area (Å²) in [5.74, 6) is -0.948. The molecule has 0 saturated heterocycles. The fourth-order valence-electron chi connectivity index (χ4n) is 3.86. The van der Waals surface area contributed by atoms with Crippen molar-refractivity contribution in [2.75, 3.05) is 13.2 Å². The fraction of sp³-hybridized carbons (Fsp3) is 0.464. The lowest BCUT2D eigenvalue weighted by Gasteiger charge is -2.34. The van der Waals surface area contributed by atoms with Gasteiger partial charge in [-0.05, 0) is 70.4 Å². The number of amides is 3. The van der Waals surface area contributed by atoms with E-state index in [0.29, 0.717) is 11.1 Å². The molecule has 0 aromatic heterocycles. The van der Waals surface area contributed by atoms with Crippen molar-refractivity contribution in [3.05, 3.63) is 65.2 Å². The van der Waals surface area contributed by atoms with Crippen LogP contribution in [0.5, 0.6) is 5.75 Å². The molecule has 0 aliphatic rings. The molecule has 0 heterocycles. The van der Waals surface area contributed by atoms with Crippen LogP contribution in [0.1, 0.15) is 57.4 Å². The lowest BCUT2D eigenvalue weighted by molar-refractivity contribution is -0.143. The number of phenols is 1. The topological polar surface area (TPSA) is 128 Å². The number of aliphatic hydroxyl groups excluding tert-OH is 1. The number of aliphatic hydroxyl groups is 1. The number of benzene rings is 2. The number of nitrogens with one attached hydrogen (secondary N) is 2. The molecule has 0 aliphatic carbocycles. The van der Waals surface area contributed by atoms with E-state index in [2.05, 4.69) is 10.6 Å². The van der Waals surface area contributed by atoms with Gasteiger partial charge in [-0.15, -0.1) is 0 Å². The summed E-state index contributed by atoms with van der Waals surface area (Å²) < 4.78 is 5.39. The number of aromatic hydroxyl groups is 1. The first-order valence-electron chi connectivity index (χ1n) is 12.4. The molecule has 0 aliphatic heterocycles. The van der Waals surface area contributed by atoms with E-state index in [9.17, 15) is 24.6 Å². The number of carbonyl (C=O) groups excluding carboxylic acids is 3. The Bertz CT molecular complexity index is 1070. The van der Waals surface area contributed by atoms with Crippen LogP contribution in [-0.2, 0) is 20.7 Å². The minimum Gasteiger partial charge on any atom is -0.508 e. The number of ether oxygens (including phenoxy) is 1. The summed E-state index contributed by atoms with van der Waals surface area (Å²) in [6.45, 7) is 9.90. The number of phenolic OH excluding ortho intramolecular Hbond substituents is 1. The highest BCUT2D eigenvalue weighted by atomic mass is 16.6. The van der Waals surface area contributed by atoms with Gasteiger partial charge in [-0.25, -0.2) is 4.79 Å². The molecule has 4 N–H and O–H groups in total. The van der Waals surface area contributed by atoms with Gasteiger partial charge in [-0.2, -0.15) is 0 Å². The zero-order valence-corrected chi connectivity index (χ0v) is 22.4. The van der Waals surface area contributed by atoms with E-state index in [1.165, 1.54) is 11.0 Å². The van der Waals surface area contributed by atoms with E-state index in [1.54, 1.807) is 53.7 Å². The molecule has 2 rings (SSSR count). The van der Waals surface area contributed by atoms with Crippen molar-refractivity contribution in [3.63, 3.8) is 0 Å². The van der Waals surface area contributed by atoms with Crippen molar-refractivity contribution in [3.8, 4) is 5.75 Å². The first kappa shape index (κ1) is 29.6. The third-order valence-electron chi connectivity index (χ3n) is 5.42. The highest BCUT2D eigenvalue weighted by molar-refractivity contribution is 5.92. The van der Waals surface area contributed by atoms with E-state index in [4.69, 9.17) is 4.74 Å². The molecule has 9 heteroatoms. The zero-order chi connectivity index (χ0) is 27.8. The van der Waals surface area contributed by atoms with Gasteiger partial charge < -0.3 is 30.5 Å². The first-order valence-corrected chi connectivity index (χ1v) is 12.4. The Kier molecular flexibility index (Phi) is 10.5. The first-order chi connectivity index (χ1) is 17.3. The molecule has 9 nitrogen and oxygen atoms in total. The second kappa shape index (κ2) is 13.1. The highest BCUT2D eigenvalue weighted by Crippen LogP contribution is 2.27. The predicted octanol–water partition coefficient (Wildman–Crippen LogP) is 3.22. The molecule has 0 saturated carbocycles. The number of aryl methyl sites for hydroxylation is 1. The Hall–Kier alpha value is -3.59. The Balaban J connectivity index is 2.53. The summed E-state index contributed by atoms with van der Waals surface area (Å²) in [4.78, 5) is 41.4. The van der Waals surface area contributed by atoms with Crippen LogP contribution in [0.2, 0.25) is 0 Å². The van der Waals surface area contributed by atoms with Gasteiger partial charge in [0.05, 0.1) is 6.61 Å². The summed E-state index contributed by atoms with van der Waals surface area (Å²) >= 11 is 0. The number of nitrogens with zero attached hydrogens (tertiary/aromatic N) is 1. The predicted molar refractivity (Wildman–Crippen MR) is 141 cm³/mol. The minimum absolute atomic E-state index is 0.0559. The molecule has 2 aromatic carbocycles. The molecular formula is C28H39N3O6. The summed E-state index contributed by atoms with van der Waals surface area (Å²) in [5.41, 5.74) is 1.01. The molecule has 37 heavy (non-hydrogen) atoms. The highest BCUT2D eigenvalue weighted by Gasteiger charge is 2.36. The number of carbonyl (C=O) groups is 3. The molecular weight excluding hydrogens is 474 g/mol. The van der Waals surface area contributed by atoms with E-state index in [1.807, 2.05) is 30.3 Å². The SMILES string of the molecule is Cc1cc(C(C(=O)NC(C)C)N(CCO)C(=O)C(Cc2ccccc2)NC(=O)OC(C)(C)C)ccc1O. The van der Waals surface area contributed by atoms with Crippen LogP contribution in [0.15, 0.2) is 48.5 Å². The van der Waals surface area contributed by atoms with Crippen molar-refractivity contribution in [2.45, 2.75) is 71.7 Å². The Morgan fingerprint density at radius 1 is 1.03 bits per heavy atom. The van der Waals surface area contributed by atoms with Crippen molar-refractivity contribution < 1.29 is 29.3 Å². The maximum Gasteiger partial charge on any atom is 0.408 e. The van der Waals surface area contributed by atoms with Crippen LogP contribution in [-0.4, -0.2) is 63.9 Å². The van der Waals surface area contributed by atoms with E-state index < -0.39 is 42.2 Å². The van der Waals surface area contributed by atoms with Crippen LogP contribution in [0.4, 0.5) is 4.79 Å². The van der Waals surface area contributed by atoms with Gasteiger partial charge in [0.25, 0.3) is 0 Å². The van der Waals surface area contributed by atoms with Crippen molar-refractivity contribution in [1.29, 1.82) is 0 Å². The monoisotopic (exact) mass is 513 g/mol. The standard InChI is InChI=1S/C28H39N3O6/c1-18(2)29-25(34)24(21-12-13-23(33)19(3)16-21)31(14-15-32)26(35)22(17-20-10-8-7-9-11-20)30-27(36)37-28(4,5)6/h7-13,16,18,22,24,32-33H,14-15,17H2,1-6H3,(H,29,34)(H,30,36). The summed E-state index contributed by atoms with van der Waals surface area (Å²) in [6, 6.07) is 11.4. The fourth-order valence-corrected chi connectivity index (χ4v) is 3.86. The van der Waals surface area contributed by atoms with Gasteiger partial charge in [-0.1, -0.05) is 36.4 Å². The smallest absolute Gasteiger partial charge is 0.408 e. The molecule has 2 aromatic rings.